The summed E-state index contributed by atoms with van der Waals surface area (Å²) in [5.41, 5.74) is 1.33. The van der Waals surface area contributed by atoms with Gasteiger partial charge in [-0.2, -0.15) is 0 Å². The average Bonchev–Trinajstić information content (AvgIpc) is 2.55. The van der Waals surface area contributed by atoms with E-state index in [2.05, 4.69) is 41.9 Å². The van der Waals surface area contributed by atoms with E-state index in [1.54, 1.807) is 6.07 Å². The maximum absolute atomic E-state index is 9.89. The minimum atomic E-state index is 0.0712. The van der Waals surface area contributed by atoms with Gasteiger partial charge < -0.3 is 10.0 Å². The Hall–Kier alpha value is -1.10. The molecule has 0 amide bonds. The highest BCUT2D eigenvalue weighted by molar-refractivity contribution is 5.33. The molecular formula is C19H31N3O. The normalized spacial score (nSPS) is 30.7. The number of rotatable bonds is 3. The molecule has 128 valence electrons. The SMILES string of the molecule is CN1CCN(C2CCC(c3cccc(O)c3)(N(C)C)CC2)CC1. The van der Waals surface area contributed by atoms with E-state index < -0.39 is 0 Å². The standard InChI is InChI=1S/C19H31N3O/c1-20(2)19(16-5-4-6-18(23)15-16)9-7-17(8-10-19)22-13-11-21(3)12-14-22/h4-6,15,17,23H,7-14H2,1-3H3. The summed E-state index contributed by atoms with van der Waals surface area (Å²) in [4.78, 5) is 7.49. The van der Waals surface area contributed by atoms with Gasteiger partial charge in [0.15, 0.2) is 0 Å². The summed E-state index contributed by atoms with van der Waals surface area (Å²) in [7, 11) is 6.58. The fourth-order valence-electron chi connectivity index (χ4n) is 4.42. The Morgan fingerprint density at radius 1 is 1.09 bits per heavy atom. The van der Waals surface area contributed by atoms with Gasteiger partial charge in [-0.05, 0) is 64.5 Å². The molecule has 0 atom stereocenters. The highest BCUT2D eigenvalue weighted by atomic mass is 16.3. The molecule has 0 spiro atoms. The Labute approximate surface area is 140 Å². The predicted octanol–water partition coefficient (Wildman–Crippen LogP) is 2.34. The molecule has 1 saturated heterocycles. The van der Waals surface area contributed by atoms with Gasteiger partial charge in [0.25, 0.3) is 0 Å². The molecule has 1 N–H and O–H groups in total. The lowest BCUT2D eigenvalue weighted by molar-refractivity contribution is 0.0314. The highest BCUT2D eigenvalue weighted by Gasteiger charge is 2.40. The minimum Gasteiger partial charge on any atom is -0.508 e. The minimum absolute atomic E-state index is 0.0712. The number of hydrogen-bond acceptors (Lipinski definition) is 4. The predicted molar refractivity (Wildman–Crippen MR) is 94.8 cm³/mol. The summed E-state index contributed by atoms with van der Waals surface area (Å²) in [5.74, 6) is 0.380. The molecule has 1 aromatic carbocycles. The molecule has 0 bridgehead atoms. The van der Waals surface area contributed by atoms with Crippen molar-refractivity contribution in [1.82, 2.24) is 14.7 Å². The van der Waals surface area contributed by atoms with Crippen molar-refractivity contribution in [3.63, 3.8) is 0 Å². The Kier molecular flexibility index (Phi) is 4.95. The second kappa shape index (κ2) is 6.80. The second-order valence-corrected chi connectivity index (χ2v) is 7.55. The molecule has 0 unspecified atom stereocenters. The number of benzene rings is 1. The monoisotopic (exact) mass is 317 g/mol. The molecule has 0 radical (unpaired) electrons. The number of hydrogen-bond donors (Lipinski definition) is 1. The molecule has 1 aliphatic heterocycles. The van der Waals surface area contributed by atoms with Gasteiger partial charge in [0.05, 0.1) is 0 Å². The zero-order chi connectivity index (χ0) is 16.4. The molecule has 23 heavy (non-hydrogen) atoms. The molecule has 1 heterocycles. The van der Waals surface area contributed by atoms with Crippen molar-refractivity contribution in [2.24, 2.45) is 0 Å². The largest absolute Gasteiger partial charge is 0.508 e. The maximum atomic E-state index is 9.89. The van der Waals surface area contributed by atoms with Crippen molar-refractivity contribution in [2.45, 2.75) is 37.3 Å². The third-order valence-corrected chi connectivity index (χ3v) is 6.08. The van der Waals surface area contributed by atoms with E-state index in [0.717, 1.165) is 6.04 Å². The molecule has 4 nitrogen and oxygen atoms in total. The summed E-state index contributed by atoms with van der Waals surface area (Å²) in [6.07, 6.45) is 4.83. The van der Waals surface area contributed by atoms with Gasteiger partial charge in [0, 0.05) is 37.8 Å². The number of phenolic OH excluding ortho intramolecular Hbond substituents is 1. The van der Waals surface area contributed by atoms with Crippen molar-refractivity contribution in [3.8, 4) is 5.75 Å². The molecular weight excluding hydrogens is 286 g/mol. The van der Waals surface area contributed by atoms with Gasteiger partial charge in [-0.15, -0.1) is 0 Å². The van der Waals surface area contributed by atoms with Crippen LogP contribution in [0.5, 0.6) is 5.75 Å². The second-order valence-electron chi connectivity index (χ2n) is 7.55. The van der Waals surface area contributed by atoms with Crippen molar-refractivity contribution in [1.29, 1.82) is 0 Å². The molecule has 2 aliphatic rings. The van der Waals surface area contributed by atoms with E-state index >= 15 is 0 Å². The summed E-state index contributed by atoms with van der Waals surface area (Å²) in [6, 6.07) is 8.60. The van der Waals surface area contributed by atoms with Crippen LogP contribution in [0.3, 0.4) is 0 Å². The first-order valence-electron chi connectivity index (χ1n) is 8.91. The maximum Gasteiger partial charge on any atom is 0.115 e. The first kappa shape index (κ1) is 16.7. The van der Waals surface area contributed by atoms with Crippen LogP contribution in [0.1, 0.15) is 31.2 Å². The average molecular weight is 317 g/mol. The molecule has 1 aliphatic carbocycles. The lowest BCUT2D eigenvalue weighted by atomic mass is 9.73. The number of likely N-dealkylation sites (N-methyl/N-ethyl adjacent to an activating group) is 1. The van der Waals surface area contributed by atoms with Crippen molar-refractivity contribution in [2.75, 3.05) is 47.3 Å². The third kappa shape index (κ3) is 3.39. The Morgan fingerprint density at radius 2 is 1.74 bits per heavy atom. The van der Waals surface area contributed by atoms with E-state index in [-0.39, 0.29) is 5.54 Å². The lowest BCUT2D eigenvalue weighted by Gasteiger charge is -2.48. The van der Waals surface area contributed by atoms with Gasteiger partial charge in [0.2, 0.25) is 0 Å². The van der Waals surface area contributed by atoms with Crippen molar-refractivity contribution >= 4 is 0 Å². The zero-order valence-corrected chi connectivity index (χ0v) is 14.8. The molecule has 1 aromatic rings. The van der Waals surface area contributed by atoms with Crippen LogP contribution in [0.2, 0.25) is 0 Å². The number of aromatic hydroxyl groups is 1. The topological polar surface area (TPSA) is 30.0 Å². The molecule has 2 fully saturated rings. The van der Waals surface area contributed by atoms with Gasteiger partial charge in [-0.3, -0.25) is 9.80 Å². The summed E-state index contributed by atoms with van der Waals surface area (Å²) in [6.45, 7) is 4.81. The van der Waals surface area contributed by atoms with E-state index in [1.807, 2.05) is 12.1 Å². The van der Waals surface area contributed by atoms with E-state index in [0.29, 0.717) is 5.75 Å². The van der Waals surface area contributed by atoms with Crippen LogP contribution in [-0.4, -0.2) is 73.2 Å². The van der Waals surface area contributed by atoms with Crippen LogP contribution in [0.15, 0.2) is 24.3 Å². The fourth-order valence-corrected chi connectivity index (χ4v) is 4.42. The quantitative estimate of drug-likeness (QED) is 0.927. The summed E-state index contributed by atoms with van der Waals surface area (Å²) < 4.78 is 0. The number of phenols is 1. The Morgan fingerprint density at radius 3 is 2.30 bits per heavy atom. The van der Waals surface area contributed by atoms with E-state index in [1.165, 1.54) is 57.4 Å². The first-order valence-corrected chi connectivity index (χ1v) is 8.91. The third-order valence-electron chi connectivity index (χ3n) is 6.08. The van der Waals surface area contributed by atoms with E-state index in [4.69, 9.17) is 0 Å². The van der Waals surface area contributed by atoms with Crippen LogP contribution in [-0.2, 0) is 5.54 Å². The van der Waals surface area contributed by atoms with Gasteiger partial charge in [-0.25, -0.2) is 0 Å². The van der Waals surface area contributed by atoms with Crippen LogP contribution in [0.4, 0.5) is 0 Å². The van der Waals surface area contributed by atoms with Crippen molar-refractivity contribution < 1.29 is 5.11 Å². The van der Waals surface area contributed by atoms with Crippen LogP contribution in [0.25, 0.3) is 0 Å². The van der Waals surface area contributed by atoms with Gasteiger partial charge in [-0.1, -0.05) is 12.1 Å². The van der Waals surface area contributed by atoms with E-state index in [9.17, 15) is 5.11 Å². The van der Waals surface area contributed by atoms with Gasteiger partial charge in [0.1, 0.15) is 5.75 Å². The molecule has 1 saturated carbocycles. The smallest absolute Gasteiger partial charge is 0.115 e. The fraction of sp³-hybridized carbons (Fsp3) is 0.684. The zero-order valence-electron chi connectivity index (χ0n) is 14.8. The molecule has 0 aromatic heterocycles. The summed E-state index contributed by atoms with van der Waals surface area (Å²) >= 11 is 0. The Bertz CT molecular complexity index is 515. The van der Waals surface area contributed by atoms with Crippen LogP contribution < -0.4 is 0 Å². The molecule has 3 rings (SSSR count). The van der Waals surface area contributed by atoms with Crippen LogP contribution in [0, 0.1) is 0 Å². The number of nitrogens with zero attached hydrogens (tertiary/aromatic N) is 3. The number of piperazine rings is 1. The first-order chi connectivity index (χ1) is 11.0. The molecule has 4 heteroatoms. The summed E-state index contributed by atoms with van der Waals surface area (Å²) in [5, 5.41) is 9.89. The highest BCUT2D eigenvalue weighted by Crippen LogP contribution is 2.43. The lowest BCUT2D eigenvalue weighted by Crippen LogP contribution is -2.53. The van der Waals surface area contributed by atoms with Gasteiger partial charge >= 0.3 is 0 Å². The Balaban J connectivity index is 1.71. The van der Waals surface area contributed by atoms with Crippen LogP contribution >= 0.6 is 0 Å². The van der Waals surface area contributed by atoms with Crippen molar-refractivity contribution in [3.05, 3.63) is 29.8 Å².